The largest absolute Gasteiger partial charge is 0.497 e. The second-order valence-corrected chi connectivity index (χ2v) is 11.9. The molecule has 3 amide bonds. The molecule has 42 heavy (non-hydrogen) atoms. The lowest BCUT2D eigenvalue weighted by Gasteiger charge is -2.41. The average molecular weight is 599 g/mol. The maximum atomic E-state index is 14.2. The second-order valence-electron chi connectivity index (χ2n) is 11.5. The molecule has 0 aliphatic carbocycles. The molecule has 3 aliphatic rings. The molecule has 0 spiro atoms. The number of carbonyl (C=O) groups is 2. The van der Waals surface area contributed by atoms with Crippen LogP contribution >= 0.6 is 11.6 Å². The van der Waals surface area contributed by atoms with Crippen LogP contribution in [0, 0.1) is 5.82 Å². The molecule has 5 rings (SSSR count). The topological polar surface area (TPSA) is 94.4 Å². The first-order valence-corrected chi connectivity index (χ1v) is 14.9. The maximum Gasteiger partial charge on any atom is 0.322 e. The van der Waals surface area contributed by atoms with Gasteiger partial charge in [0, 0.05) is 68.2 Å². The molecule has 2 aromatic carbocycles. The molecule has 1 unspecified atom stereocenters. The highest BCUT2D eigenvalue weighted by molar-refractivity contribution is 6.32. The molecule has 2 aromatic rings. The number of nitrogens with zero attached hydrogens (tertiary/aromatic N) is 4. The van der Waals surface area contributed by atoms with Crippen LogP contribution in [0.15, 0.2) is 42.6 Å². The summed E-state index contributed by atoms with van der Waals surface area (Å²) in [6.45, 7) is 7.65. The Hall–Kier alpha value is -3.34. The van der Waals surface area contributed by atoms with Gasteiger partial charge in [0.05, 0.1) is 25.3 Å². The lowest BCUT2D eigenvalue weighted by molar-refractivity contribution is -0.133. The molecule has 0 saturated carbocycles. The molecule has 0 aromatic heterocycles. The van der Waals surface area contributed by atoms with E-state index >= 15 is 0 Å². The molecule has 2 atom stereocenters. The molecular weight excluding hydrogens is 559 g/mol. The van der Waals surface area contributed by atoms with Crippen molar-refractivity contribution in [1.29, 1.82) is 0 Å². The number of fused-ring (bicyclic) bond motifs is 1. The lowest BCUT2D eigenvalue weighted by atomic mass is 9.97. The van der Waals surface area contributed by atoms with Gasteiger partial charge in [0.2, 0.25) is 5.91 Å². The predicted octanol–water partition coefficient (Wildman–Crippen LogP) is 4.39. The Bertz CT molecular complexity index is 1350. The molecule has 226 valence electrons. The lowest BCUT2D eigenvalue weighted by Crippen LogP contribution is -2.53. The third-order valence-electron chi connectivity index (χ3n) is 8.70. The number of methoxy groups -OCH3 is 1. The predicted molar refractivity (Wildman–Crippen MR) is 163 cm³/mol. The van der Waals surface area contributed by atoms with E-state index < -0.39 is 5.82 Å². The van der Waals surface area contributed by atoms with Gasteiger partial charge in [-0.1, -0.05) is 30.7 Å². The van der Waals surface area contributed by atoms with E-state index in [2.05, 4.69) is 17.1 Å². The van der Waals surface area contributed by atoms with E-state index in [-0.39, 0.29) is 41.5 Å². The number of carbonyl (C=O) groups excluding carboxylic acids is 2. The number of ether oxygens (including phenoxy) is 1. The summed E-state index contributed by atoms with van der Waals surface area (Å²) in [7, 11) is 1.64. The highest BCUT2D eigenvalue weighted by atomic mass is 35.5. The summed E-state index contributed by atoms with van der Waals surface area (Å²) in [4.78, 5) is 34.6. The number of amides is 3. The van der Waals surface area contributed by atoms with Crippen molar-refractivity contribution >= 4 is 34.8 Å². The van der Waals surface area contributed by atoms with Crippen molar-refractivity contribution in [3.63, 3.8) is 0 Å². The normalized spacial score (nSPS) is 20.9. The van der Waals surface area contributed by atoms with Gasteiger partial charge < -0.3 is 30.5 Å². The van der Waals surface area contributed by atoms with Gasteiger partial charge in [0.25, 0.3) is 0 Å². The van der Waals surface area contributed by atoms with Crippen LogP contribution in [0.3, 0.4) is 0 Å². The van der Waals surface area contributed by atoms with Crippen LogP contribution in [0.4, 0.5) is 14.9 Å². The number of benzene rings is 2. The van der Waals surface area contributed by atoms with Gasteiger partial charge in [-0.2, -0.15) is 0 Å². The number of rotatable bonds is 7. The van der Waals surface area contributed by atoms with Gasteiger partial charge in [-0.3, -0.25) is 9.69 Å². The maximum absolute atomic E-state index is 14.2. The molecule has 11 heteroatoms. The van der Waals surface area contributed by atoms with E-state index in [4.69, 9.17) is 22.1 Å². The van der Waals surface area contributed by atoms with Crippen LogP contribution in [-0.4, -0.2) is 96.7 Å². The summed E-state index contributed by atoms with van der Waals surface area (Å²) in [6.07, 6.45) is 3.34. The zero-order chi connectivity index (χ0) is 30.0. The number of nitrogens with one attached hydrogen (secondary N) is 1. The summed E-state index contributed by atoms with van der Waals surface area (Å²) >= 11 is 6.32. The van der Waals surface area contributed by atoms with Gasteiger partial charge >= 0.3 is 6.03 Å². The van der Waals surface area contributed by atoms with Crippen LogP contribution in [0.1, 0.15) is 43.7 Å². The molecule has 0 radical (unpaired) electrons. The first-order valence-electron chi connectivity index (χ1n) is 14.5. The number of nitrogens with two attached hydrogens (primary N) is 1. The van der Waals surface area contributed by atoms with Gasteiger partial charge in [-0.25, -0.2) is 9.18 Å². The van der Waals surface area contributed by atoms with E-state index in [1.165, 1.54) is 6.07 Å². The molecular formula is C31H40ClFN6O3. The Labute approximate surface area is 252 Å². The SMILES string of the molecule is COc1ccc2c(c1)C(C)CN(C1CCN(C(=O)CN3C=C(c4cccc(F)c4Cl)CN([C@@H](C)CN)C3)CC1)C(=O)N2. The number of urea groups is 1. The number of hydrogen-bond donors (Lipinski definition) is 2. The Kier molecular flexibility index (Phi) is 9.25. The summed E-state index contributed by atoms with van der Waals surface area (Å²) in [5, 5.41) is 3.15. The van der Waals surface area contributed by atoms with E-state index in [0.717, 1.165) is 22.6 Å². The van der Waals surface area contributed by atoms with Crippen molar-refractivity contribution in [2.75, 3.05) is 58.4 Å². The fourth-order valence-electron chi connectivity index (χ4n) is 6.12. The summed E-state index contributed by atoms with van der Waals surface area (Å²) < 4.78 is 19.6. The first-order chi connectivity index (χ1) is 20.2. The number of likely N-dealkylation sites (tertiary alicyclic amines) is 1. The molecule has 3 N–H and O–H groups in total. The molecule has 3 aliphatic heterocycles. The fourth-order valence-corrected chi connectivity index (χ4v) is 6.37. The van der Waals surface area contributed by atoms with Crippen molar-refractivity contribution in [1.82, 2.24) is 19.6 Å². The standard InChI is InChI=1S/C31H40ClFN6O3/c1-20-15-39(31(41)35-28-8-7-24(42-3)13-26(20)28)23-9-11-37(12-10-23)29(40)18-36-16-22(17-38(19-36)21(2)14-34)25-5-4-6-27(33)30(25)32/h4-8,13,16,20-21,23H,9-12,14-15,17-19,34H2,1-3H3,(H,35,41)/t20?,21-/m0/s1. The van der Waals surface area contributed by atoms with Crippen LogP contribution in [0.25, 0.3) is 5.57 Å². The van der Waals surface area contributed by atoms with Gasteiger partial charge in [0.15, 0.2) is 0 Å². The molecule has 1 fully saturated rings. The number of hydrogen-bond acceptors (Lipinski definition) is 6. The highest BCUT2D eigenvalue weighted by Crippen LogP contribution is 2.34. The highest BCUT2D eigenvalue weighted by Gasteiger charge is 2.34. The molecule has 0 bridgehead atoms. The Balaban J connectivity index is 1.23. The van der Waals surface area contributed by atoms with Crippen molar-refractivity contribution in [2.45, 2.75) is 44.7 Å². The monoisotopic (exact) mass is 598 g/mol. The minimum absolute atomic E-state index is 0.0184. The minimum atomic E-state index is -0.472. The smallest absolute Gasteiger partial charge is 0.322 e. The van der Waals surface area contributed by atoms with E-state index in [1.54, 1.807) is 19.2 Å². The number of anilines is 1. The van der Waals surface area contributed by atoms with Gasteiger partial charge in [-0.05, 0) is 55.2 Å². The molecule has 1 saturated heterocycles. The van der Waals surface area contributed by atoms with Crippen LogP contribution < -0.4 is 15.8 Å². The van der Waals surface area contributed by atoms with Crippen molar-refractivity contribution in [3.05, 3.63) is 64.6 Å². The molecule has 3 heterocycles. The summed E-state index contributed by atoms with van der Waals surface area (Å²) in [6, 6.07) is 10.5. The van der Waals surface area contributed by atoms with Gasteiger partial charge in [-0.15, -0.1) is 0 Å². The third kappa shape index (κ3) is 6.35. The zero-order valence-electron chi connectivity index (χ0n) is 24.5. The minimum Gasteiger partial charge on any atom is -0.497 e. The quantitative estimate of drug-likeness (QED) is 0.491. The Morgan fingerprint density at radius 1 is 1.24 bits per heavy atom. The van der Waals surface area contributed by atoms with Crippen molar-refractivity contribution < 1.29 is 18.7 Å². The van der Waals surface area contributed by atoms with E-state index in [9.17, 15) is 14.0 Å². The number of piperidine rings is 1. The average Bonchev–Trinajstić information content (AvgIpc) is 3.12. The van der Waals surface area contributed by atoms with E-state index in [0.29, 0.717) is 57.8 Å². The first kappa shape index (κ1) is 30.1. The molecule has 9 nitrogen and oxygen atoms in total. The van der Waals surface area contributed by atoms with Crippen molar-refractivity contribution in [3.8, 4) is 5.75 Å². The van der Waals surface area contributed by atoms with Gasteiger partial charge in [0.1, 0.15) is 11.6 Å². The zero-order valence-corrected chi connectivity index (χ0v) is 25.2. The van der Waals surface area contributed by atoms with Crippen molar-refractivity contribution in [2.24, 2.45) is 5.73 Å². The summed E-state index contributed by atoms with van der Waals surface area (Å²) in [5.41, 5.74) is 9.31. The van der Waals surface area contributed by atoms with E-state index in [1.807, 2.05) is 46.0 Å². The fraction of sp³-hybridized carbons (Fsp3) is 0.484. The van der Waals surface area contributed by atoms with Crippen LogP contribution in [0.2, 0.25) is 5.02 Å². The van der Waals surface area contributed by atoms with Crippen LogP contribution in [0.5, 0.6) is 5.75 Å². The number of halogens is 2. The Morgan fingerprint density at radius 2 is 2.00 bits per heavy atom. The second kappa shape index (κ2) is 12.9. The third-order valence-corrected chi connectivity index (χ3v) is 9.08. The Morgan fingerprint density at radius 3 is 2.71 bits per heavy atom. The van der Waals surface area contributed by atoms with Crippen LogP contribution in [-0.2, 0) is 4.79 Å². The summed E-state index contributed by atoms with van der Waals surface area (Å²) in [5.74, 6) is 0.454.